The normalized spacial score (nSPS) is 29.7. The van der Waals surface area contributed by atoms with Crippen molar-refractivity contribution in [3.05, 3.63) is 0 Å². The van der Waals surface area contributed by atoms with Crippen LogP contribution in [-0.2, 0) is 9.47 Å². The SMILES string of the molecule is CC(C)C[C@H](C)OC(=O)N[C@H]1C[C@H](N2CCOCC2)C1(C)C. The molecule has 2 aliphatic rings. The van der Waals surface area contributed by atoms with Gasteiger partial charge in [0.2, 0.25) is 0 Å². The second-order valence-corrected chi connectivity index (χ2v) is 7.76. The Bertz CT molecular complexity index is 378. The molecule has 2 fully saturated rings. The second-order valence-electron chi connectivity index (χ2n) is 7.76. The van der Waals surface area contributed by atoms with Crippen LogP contribution in [0.2, 0.25) is 0 Å². The molecule has 0 radical (unpaired) electrons. The molecule has 1 N–H and O–H groups in total. The number of ether oxygens (including phenoxy) is 2. The van der Waals surface area contributed by atoms with E-state index in [1.54, 1.807) is 0 Å². The van der Waals surface area contributed by atoms with Gasteiger partial charge in [0, 0.05) is 30.6 Å². The van der Waals surface area contributed by atoms with Crippen LogP contribution in [0.4, 0.5) is 4.79 Å². The van der Waals surface area contributed by atoms with Gasteiger partial charge in [-0.15, -0.1) is 0 Å². The fourth-order valence-corrected chi connectivity index (χ4v) is 3.73. The second kappa shape index (κ2) is 7.18. The van der Waals surface area contributed by atoms with E-state index in [-0.39, 0.29) is 23.7 Å². The minimum absolute atomic E-state index is 0.0294. The monoisotopic (exact) mass is 312 g/mol. The van der Waals surface area contributed by atoms with E-state index in [0.717, 1.165) is 39.1 Å². The molecule has 22 heavy (non-hydrogen) atoms. The fourth-order valence-electron chi connectivity index (χ4n) is 3.73. The summed E-state index contributed by atoms with van der Waals surface area (Å²) in [6.45, 7) is 14.3. The molecule has 3 atom stereocenters. The van der Waals surface area contributed by atoms with E-state index in [9.17, 15) is 4.79 Å². The first-order valence-electron chi connectivity index (χ1n) is 8.59. The Morgan fingerprint density at radius 2 is 1.95 bits per heavy atom. The van der Waals surface area contributed by atoms with E-state index in [4.69, 9.17) is 9.47 Å². The molecule has 1 heterocycles. The van der Waals surface area contributed by atoms with Gasteiger partial charge >= 0.3 is 6.09 Å². The number of hydrogen-bond donors (Lipinski definition) is 1. The summed E-state index contributed by atoms with van der Waals surface area (Å²) in [4.78, 5) is 14.5. The van der Waals surface area contributed by atoms with Crippen molar-refractivity contribution in [3.63, 3.8) is 0 Å². The zero-order chi connectivity index (χ0) is 16.3. The molecule has 1 aliphatic carbocycles. The summed E-state index contributed by atoms with van der Waals surface area (Å²) in [7, 11) is 0. The third-order valence-corrected chi connectivity index (χ3v) is 5.11. The first kappa shape index (κ1) is 17.5. The van der Waals surface area contributed by atoms with Crippen LogP contribution in [0.25, 0.3) is 0 Å². The summed E-state index contributed by atoms with van der Waals surface area (Å²) in [6, 6.07) is 0.717. The van der Waals surface area contributed by atoms with Crippen molar-refractivity contribution in [2.75, 3.05) is 26.3 Å². The van der Waals surface area contributed by atoms with Gasteiger partial charge < -0.3 is 14.8 Å². The summed E-state index contributed by atoms with van der Waals surface area (Å²) in [5.41, 5.74) is 0.0810. The third kappa shape index (κ3) is 4.13. The van der Waals surface area contributed by atoms with Gasteiger partial charge in [0.15, 0.2) is 0 Å². The lowest BCUT2D eigenvalue weighted by atomic mass is 9.62. The molecular formula is C17H32N2O3. The van der Waals surface area contributed by atoms with Crippen molar-refractivity contribution in [2.24, 2.45) is 11.3 Å². The third-order valence-electron chi connectivity index (χ3n) is 5.11. The first-order chi connectivity index (χ1) is 10.3. The minimum atomic E-state index is -0.272. The molecule has 5 heteroatoms. The highest BCUT2D eigenvalue weighted by Gasteiger charge is 2.51. The van der Waals surface area contributed by atoms with E-state index >= 15 is 0 Å². The molecule has 1 amide bonds. The number of rotatable bonds is 5. The molecule has 0 aromatic carbocycles. The number of nitrogens with one attached hydrogen (secondary N) is 1. The number of hydrogen-bond acceptors (Lipinski definition) is 4. The first-order valence-corrected chi connectivity index (χ1v) is 8.59. The van der Waals surface area contributed by atoms with E-state index in [1.807, 2.05) is 6.92 Å². The summed E-state index contributed by atoms with van der Waals surface area (Å²) in [6.07, 6.45) is 1.60. The van der Waals surface area contributed by atoms with Crippen LogP contribution in [0, 0.1) is 11.3 Å². The van der Waals surface area contributed by atoms with Crippen LogP contribution >= 0.6 is 0 Å². The Labute approximate surface area is 134 Å². The van der Waals surface area contributed by atoms with Gasteiger partial charge in [-0.1, -0.05) is 27.7 Å². The van der Waals surface area contributed by atoms with Crippen molar-refractivity contribution in [1.29, 1.82) is 0 Å². The maximum atomic E-state index is 12.0. The van der Waals surface area contributed by atoms with Gasteiger partial charge in [-0.2, -0.15) is 0 Å². The molecule has 1 aliphatic heterocycles. The van der Waals surface area contributed by atoms with E-state index in [0.29, 0.717) is 12.0 Å². The topological polar surface area (TPSA) is 50.8 Å². The van der Waals surface area contributed by atoms with Gasteiger partial charge in [0.1, 0.15) is 6.10 Å². The molecule has 0 aromatic heterocycles. The fraction of sp³-hybridized carbons (Fsp3) is 0.941. The van der Waals surface area contributed by atoms with Crippen molar-refractivity contribution < 1.29 is 14.3 Å². The maximum absolute atomic E-state index is 12.0. The summed E-state index contributed by atoms with van der Waals surface area (Å²) in [5, 5.41) is 3.06. The standard InChI is InChI=1S/C17H32N2O3/c1-12(2)10-13(3)22-16(20)18-14-11-15(17(14,4)5)19-6-8-21-9-7-19/h12-15H,6-11H2,1-5H3,(H,18,20)/t13-,14-,15-/m0/s1. The van der Waals surface area contributed by atoms with Crippen LogP contribution in [0.1, 0.15) is 47.5 Å². The number of morpholine rings is 1. The largest absolute Gasteiger partial charge is 0.447 e. The van der Waals surface area contributed by atoms with Crippen LogP contribution in [0.3, 0.4) is 0 Å². The number of amides is 1. The van der Waals surface area contributed by atoms with Gasteiger partial charge in [0.25, 0.3) is 0 Å². The molecule has 1 saturated heterocycles. The molecule has 1 saturated carbocycles. The molecule has 0 unspecified atom stereocenters. The maximum Gasteiger partial charge on any atom is 0.407 e. The van der Waals surface area contributed by atoms with Gasteiger partial charge in [-0.25, -0.2) is 4.79 Å². The van der Waals surface area contributed by atoms with E-state index < -0.39 is 0 Å². The molecule has 5 nitrogen and oxygen atoms in total. The Balaban J connectivity index is 1.78. The Morgan fingerprint density at radius 1 is 1.32 bits per heavy atom. The highest BCUT2D eigenvalue weighted by Crippen LogP contribution is 2.44. The summed E-state index contributed by atoms with van der Waals surface area (Å²) >= 11 is 0. The zero-order valence-electron chi connectivity index (χ0n) is 14.7. The average Bonchev–Trinajstić information content (AvgIpc) is 2.43. The van der Waals surface area contributed by atoms with E-state index in [2.05, 4.69) is 37.9 Å². The number of carbonyl (C=O) groups is 1. The van der Waals surface area contributed by atoms with Crippen LogP contribution in [0.15, 0.2) is 0 Å². The van der Waals surface area contributed by atoms with Gasteiger partial charge in [0.05, 0.1) is 13.2 Å². The molecule has 0 bridgehead atoms. The van der Waals surface area contributed by atoms with Crippen LogP contribution in [-0.4, -0.2) is 55.5 Å². The lowest BCUT2D eigenvalue weighted by Gasteiger charge is -2.56. The van der Waals surface area contributed by atoms with Crippen LogP contribution < -0.4 is 5.32 Å². The zero-order valence-corrected chi connectivity index (χ0v) is 14.7. The smallest absolute Gasteiger partial charge is 0.407 e. The van der Waals surface area contributed by atoms with E-state index in [1.165, 1.54) is 0 Å². The molecule has 0 spiro atoms. The molecule has 0 aromatic rings. The van der Waals surface area contributed by atoms with Crippen molar-refractivity contribution >= 4 is 6.09 Å². The minimum Gasteiger partial charge on any atom is -0.447 e. The number of nitrogens with zero attached hydrogens (tertiary/aromatic N) is 1. The number of alkyl carbamates (subject to hydrolysis) is 1. The Kier molecular flexibility index (Phi) is 5.72. The lowest BCUT2D eigenvalue weighted by Crippen LogP contribution is -2.67. The van der Waals surface area contributed by atoms with Gasteiger partial charge in [-0.3, -0.25) is 4.90 Å². The average molecular weight is 312 g/mol. The summed E-state index contributed by atoms with van der Waals surface area (Å²) < 4.78 is 10.9. The molecule has 2 rings (SSSR count). The predicted octanol–water partition coefficient (Wildman–Crippen LogP) is 2.65. The number of carbonyl (C=O) groups excluding carboxylic acids is 1. The summed E-state index contributed by atoms with van der Waals surface area (Å²) in [5.74, 6) is 0.536. The Morgan fingerprint density at radius 3 is 2.50 bits per heavy atom. The van der Waals surface area contributed by atoms with Crippen molar-refractivity contribution in [2.45, 2.75) is 65.6 Å². The molecular weight excluding hydrogens is 280 g/mol. The lowest BCUT2D eigenvalue weighted by molar-refractivity contribution is -0.0768. The predicted molar refractivity (Wildman–Crippen MR) is 86.9 cm³/mol. The van der Waals surface area contributed by atoms with Crippen molar-refractivity contribution in [3.8, 4) is 0 Å². The van der Waals surface area contributed by atoms with Gasteiger partial charge in [-0.05, 0) is 25.7 Å². The molecule has 128 valence electrons. The van der Waals surface area contributed by atoms with Crippen molar-refractivity contribution in [1.82, 2.24) is 10.2 Å². The highest BCUT2D eigenvalue weighted by atomic mass is 16.6. The highest BCUT2D eigenvalue weighted by molar-refractivity contribution is 5.68. The van der Waals surface area contributed by atoms with Crippen LogP contribution in [0.5, 0.6) is 0 Å². The Hall–Kier alpha value is -0.810. The quantitative estimate of drug-likeness (QED) is 0.848.